The molecule has 4 heteroatoms. The first kappa shape index (κ1) is 11.1. The highest BCUT2D eigenvalue weighted by Gasteiger charge is 2.18. The number of nitrogens with zero attached hydrogens (tertiary/aromatic N) is 1. The van der Waals surface area contributed by atoms with E-state index in [2.05, 4.69) is 0 Å². The number of hydrogen-bond acceptors (Lipinski definition) is 2. The summed E-state index contributed by atoms with van der Waals surface area (Å²) in [6.45, 7) is 3.95. The molecule has 3 nitrogen and oxygen atoms in total. The second-order valence-corrected chi connectivity index (χ2v) is 3.87. The normalized spacial score (nSPS) is 16.2. The van der Waals surface area contributed by atoms with Gasteiger partial charge in [-0.1, -0.05) is 6.07 Å². The largest absolute Gasteiger partial charge is 0.378 e. The highest BCUT2D eigenvalue weighted by Crippen LogP contribution is 2.12. The quantitative estimate of drug-likeness (QED) is 0.723. The lowest BCUT2D eigenvalue weighted by Crippen LogP contribution is -2.40. The summed E-state index contributed by atoms with van der Waals surface area (Å²) in [7, 11) is 0. The topological polar surface area (TPSA) is 29.5 Å². The Morgan fingerprint density at radius 3 is 2.69 bits per heavy atom. The molecule has 1 aromatic carbocycles. The third-order valence-electron chi connectivity index (χ3n) is 2.72. The van der Waals surface area contributed by atoms with Crippen LogP contribution in [-0.4, -0.2) is 37.1 Å². The van der Waals surface area contributed by atoms with E-state index >= 15 is 0 Å². The van der Waals surface area contributed by atoms with Gasteiger partial charge in [0.15, 0.2) is 0 Å². The molecule has 16 heavy (non-hydrogen) atoms. The van der Waals surface area contributed by atoms with Gasteiger partial charge in [-0.25, -0.2) is 4.39 Å². The Labute approximate surface area is 93.8 Å². The summed E-state index contributed by atoms with van der Waals surface area (Å²) < 4.78 is 18.5. The summed E-state index contributed by atoms with van der Waals surface area (Å²) in [6.07, 6.45) is 0. The van der Waals surface area contributed by atoms with Crippen LogP contribution >= 0.6 is 0 Å². The second kappa shape index (κ2) is 4.61. The molecule has 0 unspecified atom stereocenters. The molecule has 0 atom stereocenters. The molecule has 1 aromatic rings. The highest BCUT2D eigenvalue weighted by atomic mass is 19.1. The van der Waals surface area contributed by atoms with Gasteiger partial charge in [-0.3, -0.25) is 4.79 Å². The van der Waals surface area contributed by atoms with Crippen LogP contribution in [0.4, 0.5) is 4.39 Å². The Kier molecular flexibility index (Phi) is 3.19. The number of benzene rings is 1. The van der Waals surface area contributed by atoms with Crippen LogP contribution in [0.25, 0.3) is 0 Å². The summed E-state index contributed by atoms with van der Waals surface area (Å²) in [4.78, 5) is 13.7. The molecular weight excluding hydrogens is 209 g/mol. The first-order valence-corrected chi connectivity index (χ1v) is 5.31. The van der Waals surface area contributed by atoms with Crippen LogP contribution in [0.2, 0.25) is 0 Å². The molecule has 0 bridgehead atoms. The second-order valence-electron chi connectivity index (χ2n) is 3.87. The van der Waals surface area contributed by atoms with Crippen molar-refractivity contribution in [2.75, 3.05) is 26.3 Å². The van der Waals surface area contributed by atoms with E-state index in [9.17, 15) is 9.18 Å². The summed E-state index contributed by atoms with van der Waals surface area (Å²) >= 11 is 0. The molecule has 1 saturated heterocycles. The van der Waals surface area contributed by atoms with Gasteiger partial charge < -0.3 is 9.64 Å². The standard InChI is InChI=1S/C12H14FNO2/c1-9-2-3-10(8-11(9)13)12(15)14-4-6-16-7-5-14/h2-3,8H,4-7H2,1H3. The number of halogens is 1. The zero-order valence-corrected chi connectivity index (χ0v) is 9.20. The van der Waals surface area contributed by atoms with E-state index in [1.807, 2.05) is 0 Å². The van der Waals surface area contributed by atoms with E-state index < -0.39 is 0 Å². The summed E-state index contributed by atoms with van der Waals surface area (Å²) in [5.41, 5.74) is 0.962. The zero-order valence-electron chi connectivity index (χ0n) is 9.20. The highest BCUT2D eigenvalue weighted by molar-refractivity contribution is 5.94. The lowest BCUT2D eigenvalue weighted by molar-refractivity contribution is 0.0302. The van der Waals surface area contributed by atoms with E-state index in [0.29, 0.717) is 37.4 Å². The zero-order chi connectivity index (χ0) is 11.5. The number of rotatable bonds is 1. The van der Waals surface area contributed by atoms with E-state index in [0.717, 1.165) is 0 Å². The molecule has 0 N–H and O–H groups in total. The number of hydrogen-bond donors (Lipinski definition) is 0. The number of ether oxygens (including phenoxy) is 1. The van der Waals surface area contributed by atoms with Gasteiger partial charge in [-0.15, -0.1) is 0 Å². The molecule has 0 aromatic heterocycles. The van der Waals surface area contributed by atoms with Crippen LogP contribution in [0.15, 0.2) is 18.2 Å². The minimum atomic E-state index is -0.334. The van der Waals surface area contributed by atoms with Crippen molar-refractivity contribution in [2.45, 2.75) is 6.92 Å². The number of morpholine rings is 1. The predicted octanol–water partition coefficient (Wildman–Crippen LogP) is 1.61. The molecule has 86 valence electrons. The maximum Gasteiger partial charge on any atom is 0.254 e. The molecule has 0 radical (unpaired) electrons. The van der Waals surface area contributed by atoms with Gasteiger partial charge in [0, 0.05) is 18.7 Å². The summed E-state index contributed by atoms with van der Waals surface area (Å²) in [6, 6.07) is 4.59. The molecule has 1 aliphatic heterocycles. The lowest BCUT2D eigenvalue weighted by atomic mass is 10.1. The van der Waals surface area contributed by atoms with Crippen molar-refractivity contribution in [1.82, 2.24) is 4.90 Å². The first-order valence-electron chi connectivity index (χ1n) is 5.31. The fraction of sp³-hybridized carbons (Fsp3) is 0.417. The average Bonchev–Trinajstić information content (AvgIpc) is 2.33. The van der Waals surface area contributed by atoms with E-state index in [1.165, 1.54) is 6.07 Å². The fourth-order valence-electron chi connectivity index (χ4n) is 1.67. The summed E-state index contributed by atoms with van der Waals surface area (Å²) in [5, 5.41) is 0. The molecule has 0 spiro atoms. The maximum absolute atomic E-state index is 13.3. The van der Waals surface area contributed by atoms with Gasteiger partial charge in [-0.2, -0.15) is 0 Å². The number of aryl methyl sites for hydroxylation is 1. The Bertz CT molecular complexity index is 400. The molecule has 0 aliphatic carbocycles. The van der Waals surface area contributed by atoms with Gasteiger partial charge in [0.1, 0.15) is 5.82 Å². The fourth-order valence-corrected chi connectivity index (χ4v) is 1.67. The molecule has 0 saturated carbocycles. The van der Waals surface area contributed by atoms with Crippen molar-refractivity contribution in [3.05, 3.63) is 35.1 Å². The molecule has 1 aliphatic rings. The smallest absolute Gasteiger partial charge is 0.254 e. The average molecular weight is 223 g/mol. The number of carbonyl (C=O) groups is 1. The Hall–Kier alpha value is -1.42. The van der Waals surface area contributed by atoms with Gasteiger partial charge >= 0.3 is 0 Å². The molecule has 1 fully saturated rings. The molecule has 1 amide bonds. The van der Waals surface area contributed by atoms with Gasteiger partial charge in [0.05, 0.1) is 13.2 Å². The third-order valence-corrected chi connectivity index (χ3v) is 2.72. The molecule has 1 heterocycles. The SMILES string of the molecule is Cc1ccc(C(=O)N2CCOCC2)cc1F. The Morgan fingerprint density at radius 2 is 2.06 bits per heavy atom. The van der Waals surface area contributed by atoms with Crippen LogP contribution < -0.4 is 0 Å². The monoisotopic (exact) mass is 223 g/mol. The minimum absolute atomic E-state index is 0.123. The maximum atomic E-state index is 13.3. The van der Waals surface area contributed by atoms with Crippen molar-refractivity contribution in [2.24, 2.45) is 0 Å². The van der Waals surface area contributed by atoms with Crippen molar-refractivity contribution >= 4 is 5.91 Å². The number of carbonyl (C=O) groups excluding carboxylic acids is 1. The van der Waals surface area contributed by atoms with E-state index in [-0.39, 0.29) is 11.7 Å². The van der Waals surface area contributed by atoms with Crippen LogP contribution in [-0.2, 0) is 4.74 Å². The molecule has 2 rings (SSSR count). The van der Waals surface area contributed by atoms with Crippen LogP contribution in [0, 0.1) is 12.7 Å². The number of amides is 1. The Balaban J connectivity index is 2.16. The van der Waals surface area contributed by atoms with Gasteiger partial charge in [-0.05, 0) is 24.6 Å². The predicted molar refractivity (Wildman–Crippen MR) is 57.9 cm³/mol. The van der Waals surface area contributed by atoms with Crippen LogP contribution in [0.3, 0.4) is 0 Å². The van der Waals surface area contributed by atoms with E-state index in [1.54, 1.807) is 24.0 Å². The minimum Gasteiger partial charge on any atom is -0.378 e. The van der Waals surface area contributed by atoms with Crippen molar-refractivity contribution in [3.63, 3.8) is 0 Å². The summed E-state index contributed by atoms with van der Waals surface area (Å²) in [5.74, 6) is -0.457. The van der Waals surface area contributed by atoms with E-state index in [4.69, 9.17) is 4.74 Å². The van der Waals surface area contributed by atoms with Crippen molar-refractivity contribution in [3.8, 4) is 0 Å². The van der Waals surface area contributed by atoms with Crippen LogP contribution in [0.5, 0.6) is 0 Å². The third kappa shape index (κ3) is 2.22. The van der Waals surface area contributed by atoms with Gasteiger partial charge in [0.25, 0.3) is 5.91 Å². The van der Waals surface area contributed by atoms with Crippen molar-refractivity contribution < 1.29 is 13.9 Å². The van der Waals surface area contributed by atoms with Crippen LogP contribution in [0.1, 0.15) is 15.9 Å². The first-order chi connectivity index (χ1) is 7.68. The lowest BCUT2D eigenvalue weighted by Gasteiger charge is -2.26. The molecular formula is C12H14FNO2. The van der Waals surface area contributed by atoms with Gasteiger partial charge in [0.2, 0.25) is 0 Å². The van der Waals surface area contributed by atoms with Crippen molar-refractivity contribution in [1.29, 1.82) is 0 Å². The Morgan fingerprint density at radius 1 is 1.38 bits per heavy atom.